The molecule has 0 N–H and O–H groups in total. The first-order valence-corrected chi connectivity index (χ1v) is 7.51. The third kappa shape index (κ3) is 3.05. The Morgan fingerprint density at radius 1 is 1.13 bits per heavy atom. The summed E-state index contributed by atoms with van der Waals surface area (Å²) in [6, 6.07) is 10.7. The Labute approximate surface area is 102 Å². The first-order chi connectivity index (χ1) is 7.29. The molecule has 2 heteroatoms. The fourth-order valence-corrected chi connectivity index (χ4v) is 3.50. The topological polar surface area (TPSA) is 0 Å². The predicted molar refractivity (Wildman–Crippen MR) is 74.6 cm³/mol. The fraction of sp³-hybridized carbons (Fsp3) is 0.385. The van der Waals surface area contributed by atoms with Crippen molar-refractivity contribution < 1.29 is 0 Å². The van der Waals surface area contributed by atoms with Crippen LogP contribution in [-0.4, -0.2) is 12.5 Å². The highest BCUT2D eigenvalue weighted by molar-refractivity contribution is 8.16. The van der Waals surface area contributed by atoms with Crippen molar-refractivity contribution in [2.45, 2.75) is 17.4 Å². The van der Waals surface area contributed by atoms with Gasteiger partial charge in [0.2, 0.25) is 0 Å². The van der Waals surface area contributed by atoms with Gasteiger partial charge >= 0.3 is 0 Å². The smallest absolute Gasteiger partial charge is 0.0888 e. The molecule has 1 rings (SSSR count). The number of rotatable bonds is 5. The van der Waals surface area contributed by atoms with Gasteiger partial charge in [0.05, 0.1) is 4.08 Å². The summed E-state index contributed by atoms with van der Waals surface area (Å²) in [5.74, 6) is 0. The van der Waals surface area contributed by atoms with Crippen LogP contribution in [0.2, 0.25) is 0 Å². The van der Waals surface area contributed by atoms with Gasteiger partial charge in [0.15, 0.2) is 0 Å². The largest absolute Gasteiger partial charge is 0.142 e. The van der Waals surface area contributed by atoms with Crippen LogP contribution in [0.3, 0.4) is 0 Å². The average molecular weight is 238 g/mol. The maximum Gasteiger partial charge on any atom is 0.0888 e. The van der Waals surface area contributed by atoms with Crippen LogP contribution in [0.1, 0.15) is 18.9 Å². The zero-order chi connectivity index (χ0) is 11.1. The zero-order valence-electron chi connectivity index (χ0n) is 9.57. The maximum absolute atomic E-state index is 2.25. The van der Waals surface area contributed by atoms with Crippen LogP contribution in [-0.2, 0) is 4.08 Å². The molecule has 0 bridgehead atoms. The molecule has 0 aliphatic heterocycles. The lowest BCUT2D eigenvalue weighted by molar-refractivity contribution is 0.900. The van der Waals surface area contributed by atoms with E-state index in [1.54, 1.807) is 0 Å². The molecule has 0 heterocycles. The molecule has 0 amide bonds. The Kier molecular flexibility index (Phi) is 5.34. The van der Waals surface area contributed by atoms with Gasteiger partial charge in [0, 0.05) is 0 Å². The number of thioether (sulfide) groups is 2. The molecule has 0 saturated carbocycles. The van der Waals surface area contributed by atoms with Crippen LogP contribution >= 0.6 is 23.5 Å². The second-order valence-corrected chi connectivity index (χ2v) is 5.77. The number of benzene rings is 1. The summed E-state index contributed by atoms with van der Waals surface area (Å²) >= 11 is 3.84. The van der Waals surface area contributed by atoms with E-state index in [1.807, 2.05) is 23.5 Å². The molecule has 15 heavy (non-hydrogen) atoms. The fourth-order valence-electron chi connectivity index (χ4n) is 1.57. The molecular formula is C13H18S2. The maximum atomic E-state index is 2.25. The summed E-state index contributed by atoms with van der Waals surface area (Å²) in [6.07, 6.45) is 9.83. The molecule has 0 fully saturated rings. The molecule has 0 spiro atoms. The Morgan fingerprint density at radius 2 is 1.73 bits per heavy atom. The van der Waals surface area contributed by atoms with Crippen molar-refractivity contribution in [2.24, 2.45) is 0 Å². The van der Waals surface area contributed by atoms with Gasteiger partial charge in [-0.25, -0.2) is 0 Å². The lowest BCUT2D eigenvalue weighted by Gasteiger charge is -2.29. The van der Waals surface area contributed by atoms with Gasteiger partial charge in [0.25, 0.3) is 0 Å². The molecule has 0 unspecified atom stereocenters. The monoisotopic (exact) mass is 238 g/mol. The third-order valence-corrected chi connectivity index (χ3v) is 5.62. The summed E-state index contributed by atoms with van der Waals surface area (Å²) in [7, 11) is 0. The van der Waals surface area contributed by atoms with E-state index in [9.17, 15) is 0 Å². The number of hydrogen-bond acceptors (Lipinski definition) is 2. The second-order valence-electron chi connectivity index (χ2n) is 3.30. The first kappa shape index (κ1) is 12.7. The van der Waals surface area contributed by atoms with Crippen LogP contribution in [0.4, 0.5) is 0 Å². The molecule has 0 aliphatic rings. The Hall–Kier alpha value is -0.340. The Bertz CT molecular complexity index is 300. The van der Waals surface area contributed by atoms with Crippen LogP contribution in [0.25, 0.3) is 0 Å². The molecule has 0 radical (unpaired) electrons. The summed E-state index contributed by atoms with van der Waals surface area (Å²) in [5.41, 5.74) is 1.41. The van der Waals surface area contributed by atoms with Gasteiger partial charge < -0.3 is 0 Å². The van der Waals surface area contributed by atoms with Crippen LogP contribution in [0.15, 0.2) is 42.5 Å². The predicted octanol–water partition coefficient (Wildman–Crippen LogP) is 4.53. The SMILES string of the molecule is C/C=C/CC(SC)(SC)c1ccccc1. The lowest BCUT2D eigenvalue weighted by Crippen LogP contribution is -2.15. The van der Waals surface area contributed by atoms with E-state index in [0.29, 0.717) is 0 Å². The van der Waals surface area contributed by atoms with Crippen molar-refractivity contribution in [1.82, 2.24) is 0 Å². The third-order valence-electron chi connectivity index (χ3n) is 2.50. The molecule has 0 aliphatic carbocycles. The van der Waals surface area contributed by atoms with Crippen molar-refractivity contribution in [3.05, 3.63) is 48.0 Å². The van der Waals surface area contributed by atoms with E-state index in [4.69, 9.17) is 0 Å². The summed E-state index contributed by atoms with van der Waals surface area (Å²) < 4.78 is 0.174. The minimum atomic E-state index is 0.174. The van der Waals surface area contributed by atoms with E-state index >= 15 is 0 Å². The highest BCUT2D eigenvalue weighted by atomic mass is 32.2. The lowest BCUT2D eigenvalue weighted by atomic mass is 10.1. The summed E-state index contributed by atoms with van der Waals surface area (Å²) in [5, 5.41) is 0. The molecule has 0 nitrogen and oxygen atoms in total. The van der Waals surface area contributed by atoms with Crippen LogP contribution in [0.5, 0.6) is 0 Å². The van der Waals surface area contributed by atoms with E-state index in [-0.39, 0.29) is 4.08 Å². The highest BCUT2D eigenvalue weighted by Crippen LogP contribution is 2.47. The van der Waals surface area contributed by atoms with Crippen molar-refractivity contribution in [2.75, 3.05) is 12.5 Å². The molecule has 82 valence electrons. The quantitative estimate of drug-likeness (QED) is 0.546. The Balaban J connectivity index is 2.99. The van der Waals surface area contributed by atoms with E-state index in [0.717, 1.165) is 6.42 Å². The summed E-state index contributed by atoms with van der Waals surface area (Å²) in [6.45, 7) is 2.08. The van der Waals surface area contributed by atoms with Gasteiger partial charge in [-0.15, -0.1) is 23.5 Å². The van der Waals surface area contributed by atoms with Gasteiger partial charge in [-0.2, -0.15) is 0 Å². The normalized spacial score (nSPS) is 12.2. The molecule has 0 aromatic heterocycles. The average Bonchev–Trinajstić information content (AvgIpc) is 2.33. The Morgan fingerprint density at radius 3 is 2.20 bits per heavy atom. The molecule has 0 atom stereocenters. The molecular weight excluding hydrogens is 220 g/mol. The van der Waals surface area contributed by atoms with Crippen molar-refractivity contribution in [3.63, 3.8) is 0 Å². The van der Waals surface area contributed by atoms with Crippen molar-refractivity contribution >= 4 is 23.5 Å². The first-order valence-electron chi connectivity index (χ1n) is 5.06. The molecule has 0 saturated heterocycles. The molecule has 1 aromatic carbocycles. The van der Waals surface area contributed by atoms with Crippen LogP contribution < -0.4 is 0 Å². The van der Waals surface area contributed by atoms with E-state index in [1.165, 1.54) is 5.56 Å². The molecule has 1 aromatic rings. The van der Waals surface area contributed by atoms with Gasteiger partial charge in [0.1, 0.15) is 0 Å². The van der Waals surface area contributed by atoms with Crippen LogP contribution in [0, 0.1) is 0 Å². The highest BCUT2D eigenvalue weighted by Gasteiger charge is 2.28. The number of hydrogen-bond donors (Lipinski definition) is 0. The minimum absolute atomic E-state index is 0.174. The minimum Gasteiger partial charge on any atom is -0.142 e. The van der Waals surface area contributed by atoms with Gasteiger partial charge in [-0.3, -0.25) is 0 Å². The van der Waals surface area contributed by atoms with Crippen molar-refractivity contribution in [3.8, 4) is 0 Å². The second kappa shape index (κ2) is 6.29. The number of allylic oxidation sites excluding steroid dienone is 2. The standard InChI is InChI=1S/C13H18S2/c1-4-5-11-13(14-2,15-3)12-9-7-6-8-10-12/h4-10H,11H2,1-3H3/b5-4+. The van der Waals surface area contributed by atoms with Crippen molar-refractivity contribution in [1.29, 1.82) is 0 Å². The van der Waals surface area contributed by atoms with E-state index in [2.05, 4.69) is 61.9 Å². The zero-order valence-corrected chi connectivity index (χ0v) is 11.2. The van der Waals surface area contributed by atoms with Gasteiger partial charge in [-0.1, -0.05) is 42.5 Å². The van der Waals surface area contributed by atoms with Gasteiger partial charge in [-0.05, 0) is 31.4 Å². The van der Waals surface area contributed by atoms with E-state index < -0.39 is 0 Å². The summed E-state index contributed by atoms with van der Waals surface area (Å²) in [4.78, 5) is 0.